The lowest BCUT2D eigenvalue weighted by molar-refractivity contribution is -0.139. The van der Waals surface area contributed by atoms with Crippen molar-refractivity contribution < 1.29 is 23.8 Å². The predicted molar refractivity (Wildman–Crippen MR) is 142 cm³/mol. The van der Waals surface area contributed by atoms with Gasteiger partial charge in [-0.05, 0) is 74.9 Å². The van der Waals surface area contributed by atoms with E-state index in [1.54, 1.807) is 26.3 Å². The zero-order chi connectivity index (χ0) is 25.9. The van der Waals surface area contributed by atoms with Crippen LogP contribution in [0.4, 0.5) is 0 Å². The second kappa shape index (κ2) is 13.9. The minimum absolute atomic E-state index is 0.0694. The number of hydrogen-bond donors (Lipinski definition) is 2. The molecule has 1 heterocycles. The Morgan fingerprint density at radius 1 is 0.944 bits per heavy atom. The van der Waals surface area contributed by atoms with Crippen molar-refractivity contribution in [2.75, 3.05) is 47.5 Å². The van der Waals surface area contributed by atoms with Gasteiger partial charge in [0.25, 0.3) is 5.91 Å². The molecule has 2 N–H and O–H groups in total. The smallest absolute Gasteiger partial charge is 0.260 e. The van der Waals surface area contributed by atoms with E-state index in [9.17, 15) is 9.59 Å². The first-order valence-electron chi connectivity index (χ1n) is 12.6. The fraction of sp³-hybridized carbons (Fsp3) is 0.577. The molecule has 9 nitrogen and oxygen atoms in total. The molecule has 2 amide bonds. The van der Waals surface area contributed by atoms with Crippen LogP contribution in [0.2, 0.25) is 0 Å². The van der Waals surface area contributed by atoms with Crippen LogP contribution in [0.25, 0.3) is 0 Å². The maximum atomic E-state index is 12.8. The van der Waals surface area contributed by atoms with E-state index in [4.69, 9.17) is 26.4 Å². The van der Waals surface area contributed by atoms with Gasteiger partial charge in [0.2, 0.25) is 11.7 Å². The second-order valence-corrected chi connectivity index (χ2v) is 9.28. The molecule has 0 atom stereocenters. The first-order valence-corrected chi connectivity index (χ1v) is 13.0. The molecule has 198 valence electrons. The number of carbonyl (C=O) groups is 2. The lowest BCUT2D eigenvalue weighted by Gasteiger charge is -2.30. The van der Waals surface area contributed by atoms with Crippen LogP contribution in [-0.4, -0.2) is 74.5 Å². The predicted octanol–water partition coefficient (Wildman–Crippen LogP) is 2.98. The van der Waals surface area contributed by atoms with E-state index in [1.165, 1.54) is 31.3 Å². The highest BCUT2D eigenvalue weighted by molar-refractivity contribution is 7.80. The van der Waals surface area contributed by atoms with Crippen molar-refractivity contribution in [3.05, 3.63) is 29.3 Å². The van der Waals surface area contributed by atoms with Crippen molar-refractivity contribution in [3.8, 4) is 17.2 Å². The van der Waals surface area contributed by atoms with Crippen LogP contribution >= 0.6 is 12.2 Å². The fourth-order valence-electron chi connectivity index (χ4n) is 4.53. The lowest BCUT2D eigenvalue weighted by Crippen LogP contribution is -2.51. The topological polar surface area (TPSA) is 92.4 Å². The summed E-state index contributed by atoms with van der Waals surface area (Å²) in [6, 6.07) is 3.64. The standard InChI is InChI=1S/C26H38N4O5S/c1-33-21-16-20(17-22(34-2)25(21)35-3)10-11-23(31)28-18-24(32)29-14-7-15-30(29)26(36)27-13-12-19-8-5-4-6-9-19/h8,16-17H,4-7,9-15,18H2,1-3H3,(H,27,36)(H,28,31). The maximum absolute atomic E-state index is 12.8. The van der Waals surface area contributed by atoms with Gasteiger partial charge in [0, 0.05) is 26.1 Å². The first kappa shape index (κ1) is 27.6. The van der Waals surface area contributed by atoms with Gasteiger partial charge in [-0.15, -0.1) is 0 Å². The number of methoxy groups -OCH3 is 3. The van der Waals surface area contributed by atoms with Crippen molar-refractivity contribution in [1.82, 2.24) is 20.7 Å². The van der Waals surface area contributed by atoms with Crippen LogP contribution in [0.15, 0.2) is 23.8 Å². The quantitative estimate of drug-likeness (QED) is 0.341. The van der Waals surface area contributed by atoms with E-state index in [0.29, 0.717) is 41.9 Å². The maximum Gasteiger partial charge on any atom is 0.260 e. The number of ether oxygens (including phenoxy) is 3. The number of hydrazine groups is 1. The first-order chi connectivity index (χ1) is 17.5. The minimum atomic E-state index is -0.204. The summed E-state index contributed by atoms with van der Waals surface area (Å²) in [6.45, 7) is 1.98. The van der Waals surface area contributed by atoms with Gasteiger partial charge < -0.3 is 24.8 Å². The molecule has 1 aliphatic carbocycles. The zero-order valence-corrected chi connectivity index (χ0v) is 22.4. The molecule has 1 saturated heterocycles. The summed E-state index contributed by atoms with van der Waals surface area (Å²) >= 11 is 5.55. The van der Waals surface area contributed by atoms with Crippen molar-refractivity contribution in [3.63, 3.8) is 0 Å². The van der Waals surface area contributed by atoms with Crippen molar-refractivity contribution in [1.29, 1.82) is 0 Å². The summed E-state index contributed by atoms with van der Waals surface area (Å²) in [5.41, 5.74) is 2.36. The molecular formula is C26H38N4O5S. The molecular weight excluding hydrogens is 480 g/mol. The summed E-state index contributed by atoms with van der Waals surface area (Å²) in [6.07, 6.45) is 9.73. The highest BCUT2D eigenvalue weighted by Crippen LogP contribution is 2.38. The molecule has 1 aliphatic heterocycles. The molecule has 3 rings (SSSR count). The molecule has 0 radical (unpaired) electrons. The number of nitrogens with zero attached hydrogens (tertiary/aromatic N) is 2. The monoisotopic (exact) mass is 518 g/mol. The molecule has 10 heteroatoms. The number of benzene rings is 1. The van der Waals surface area contributed by atoms with Crippen LogP contribution in [0.5, 0.6) is 17.2 Å². The highest BCUT2D eigenvalue weighted by Gasteiger charge is 2.28. The summed E-state index contributed by atoms with van der Waals surface area (Å²) in [4.78, 5) is 25.3. The molecule has 0 unspecified atom stereocenters. The van der Waals surface area contributed by atoms with Gasteiger partial charge in [-0.25, -0.2) is 0 Å². The summed E-state index contributed by atoms with van der Waals surface area (Å²) in [5, 5.41) is 10.0. The molecule has 1 aromatic rings. The van der Waals surface area contributed by atoms with Gasteiger partial charge in [-0.1, -0.05) is 11.6 Å². The fourth-order valence-corrected chi connectivity index (χ4v) is 4.82. The summed E-state index contributed by atoms with van der Waals surface area (Å²) in [7, 11) is 4.65. The van der Waals surface area contributed by atoms with Crippen LogP contribution in [0.3, 0.4) is 0 Å². The average Bonchev–Trinajstić information content (AvgIpc) is 3.40. The lowest BCUT2D eigenvalue weighted by atomic mass is 9.97. The normalized spacial score (nSPS) is 15.2. The number of nitrogens with one attached hydrogen (secondary N) is 2. The number of thiocarbonyl (C=S) groups is 1. The van der Waals surface area contributed by atoms with Gasteiger partial charge in [0.1, 0.15) is 0 Å². The number of hydrogen-bond acceptors (Lipinski definition) is 6. The van der Waals surface area contributed by atoms with E-state index in [1.807, 2.05) is 17.1 Å². The summed E-state index contributed by atoms with van der Waals surface area (Å²) < 4.78 is 16.1. The van der Waals surface area contributed by atoms with Gasteiger partial charge in [0.05, 0.1) is 27.9 Å². The number of rotatable bonds is 11. The Bertz CT molecular complexity index is 943. The number of carbonyl (C=O) groups excluding carboxylic acids is 2. The van der Waals surface area contributed by atoms with E-state index in [-0.39, 0.29) is 24.8 Å². The third-order valence-corrected chi connectivity index (χ3v) is 6.82. The van der Waals surface area contributed by atoms with Gasteiger partial charge >= 0.3 is 0 Å². The second-order valence-electron chi connectivity index (χ2n) is 8.89. The van der Waals surface area contributed by atoms with Crippen molar-refractivity contribution in [2.45, 2.75) is 51.4 Å². The third kappa shape index (κ3) is 7.49. The molecule has 1 fully saturated rings. The Balaban J connectivity index is 1.44. The van der Waals surface area contributed by atoms with Crippen LogP contribution in [-0.2, 0) is 16.0 Å². The number of allylic oxidation sites excluding steroid dienone is 1. The Morgan fingerprint density at radius 3 is 2.31 bits per heavy atom. The molecule has 36 heavy (non-hydrogen) atoms. The van der Waals surface area contributed by atoms with Crippen LogP contribution in [0.1, 0.15) is 50.5 Å². The van der Waals surface area contributed by atoms with Gasteiger partial charge in [-0.2, -0.15) is 0 Å². The van der Waals surface area contributed by atoms with Crippen molar-refractivity contribution in [2.24, 2.45) is 0 Å². The number of aryl methyl sites for hydroxylation is 1. The van der Waals surface area contributed by atoms with E-state index in [2.05, 4.69) is 16.7 Å². The molecule has 2 aliphatic rings. The number of amides is 2. The minimum Gasteiger partial charge on any atom is -0.493 e. The van der Waals surface area contributed by atoms with Gasteiger partial charge in [-0.3, -0.25) is 19.6 Å². The Hall–Kier alpha value is -3.01. The Morgan fingerprint density at radius 2 is 1.67 bits per heavy atom. The van der Waals surface area contributed by atoms with E-state index in [0.717, 1.165) is 24.9 Å². The van der Waals surface area contributed by atoms with Crippen LogP contribution in [0, 0.1) is 0 Å². The van der Waals surface area contributed by atoms with E-state index >= 15 is 0 Å². The van der Waals surface area contributed by atoms with E-state index < -0.39 is 0 Å². The largest absolute Gasteiger partial charge is 0.493 e. The molecule has 0 bridgehead atoms. The SMILES string of the molecule is COc1cc(CCC(=O)NCC(=O)N2CCCN2C(=S)NCCC2=CCCCC2)cc(OC)c1OC. The molecule has 0 spiro atoms. The zero-order valence-electron chi connectivity index (χ0n) is 21.6. The van der Waals surface area contributed by atoms with Crippen molar-refractivity contribution >= 4 is 29.1 Å². The molecule has 0 saturated carbocycles. The molecule has 1 aromatic carbocycles. The average molecular weight is 519 g/mol. The highest BCUT2D eigenvalue weighted by atomic mass is 32.1. The third-order valence-electron chi connectivity index (χ3n) is 6.46. The Labute approximate surface area is 219 Å². The molecule has 0 aromatic heterocycles. The van der Waals surface area contributed by atoms with Crippen LogP contribution < -0.4 is 24.8 Å². The Kier molecular flexibility index (Phi) is 10.7. The van der Waals surface area contributed by atoms with Gasteiger partial charge in [0.15, 0.2) is 16.6 Å². The summed E-state index contributed by atoms with van der Waals surface area (Å²) in [5.74, 6) is 1.21.